The Kier molecular flexibility index (Phi) is 2.88. The Bertz CT molecular complexity index is 451. The highest BCUT2D eigenvalue weighted by Gasteiger charge is 2.01. The number of hydrogen-bond donors (Lipinski definition) is 0. The number of pyridine rings is 1. The third-order valence-electron chi connectivity index (χ3n) is 2.33. The van der Waals surface area contributed by atoms with Crippen LogP contribution in [0.25, 0.3) is 0 Å². The number of carbonyl (C=O) groups is 1. The van der Waals surface area contributed by atoms with Gasteiger partial charge in [-0.1, -0.05) is 24.3 Å². The molecule has 0 aliphatic heterocycles. The van der Waals surface area contributed by atoms with E-state index in [0.29, 0.717) is 0 Å². The zero-order valence-electron chi connectivity index (χ0n) is 8.26. The van der Waals surface area contributed by atoms with E-state index >= 15 is 0 Å². The van der Waals surface area contributed by atoms with E-state index in [1.165, 1.54) is 5.56 Å². The van der Waals surface area contributed by atoms with E-state index in [9.17, 15) is 4.79 Å². The fourth-order valence-corrected chi connectivity index (χ4v) is 1.53. The van der Waals surface area contributed by atoms with E-state index in [1.807, 2.05) is 36.4 Å². The number of benzene rings is 1. The van der Waals surface area contributed by atoms with Gasteiger partial charge in [0, 0.05) is 18.0 Å². The van der Waals surface area contributed by atoms with Crippen LogP contribution >= 0.6 is 0 Å². The van der Waals surface area contributed by atoms with Gasteiger partial charge in [-0.05, 0) is 29.7 Å². The fraction of sp³-hybridized carbons (Fsp3) is 0.0769. The number of hydrogen-bond acceptors (Lipinski definition) is 2. The van der Waals surface area contributed by atoms with Crippen molar-refractivity contribution in [2.75, 3.05) is 0 Å². The van der Waals surface area contributed by atoms with Crippen molar-refractivity contribution in [1.82, 2.24) is 4.98 Å². The average molecular weight is 197 g/mol. The molecule has 0 fully saturated rings. The number of aldehydes is 1. The van der Waals surface area contributed by atoms with Crippen molar-refractivity contribution in [3.05, 3.63) is 65.5 Å². The Balaban J connectivity index is 2.28. The molecule has 0 N–H and O–H groups in total. The molecule has 0 radical (unpaired) electrons. The highest BCUT2D eigenvalue weighted by molar-refractivity contribution is 5.77. The summed E-state index contributed by atoms with van der Waals surface area (Å²) in [4.78, 5) is 14.8. The van der Waals surface area contributed by atoms with Gasteiger partial charge in [-0.3, -0.25) is 9.78 Å². The number of nitrogens with zero attached hydrogens (tertiary/aromatic N) is 1. The Morgan fingerprint density at radius 3 is 2.53 bits per heavy atom. The first-order chi connectivity index (χ1) is 7.40. The Morgan fingerprint density at radius 1 is 1.07 bits per heavy atom. The quantitative estimate of drug-likeness (QED) is 0.707. The zero-order valence-corrected chi connectivity index (χ0v) is 8.26. The minimum atomic E-state index is 0.759. The van der Waals surface area contributed by atoms with Crippen molar-refractivity contribution in [2.45, 2.75) is 6.42 Å². The van der Waals surface area contributed by atoms with Crippen LogP contribution in [-0.2, 0) is 6.42 Å². The SMILES string of the molecule is O=Cc1ccccc1Cc1ccncc1. The smallest absolute Gasteiger partial charge is 0.150 e. The molecule has 15 heavy (non-hydrogen) atoms. The number of aromatic nitrogens is 1. The maximum Gasteiger partial charge on any atom is 0.150 e. The maximum atomic E-state index is 10.8. The van der Waals surface area contributed by atoms with Gasteiger partial charge in [-0.15, -0.1) is 0 Å². The molecule has 0 atom stereocenters. The second kappa shape index (κ2) is 4.51. The molecule has 2 aromatic rings. The molecule has 0 saturated heterocycles. The molecule has 0 aliphatic rings. The van der Waals surface area contributed by atoms with E-state index in [0.717, 1.165) is 23.8 Å². The molecule has 2 heteroatoms. The molecule has 0 saturated carbocycles. The molecular formula is C13H11NO. The average Bonchev–Trinajstić information content (AvgIpc) is 2.31. The minimum absolute atomic E-state index is 0.759. The van der Waals surface area contributed by atoms with E-state index in [-0.39, 0.29) is 0 Å². The van der Waals surface area contributed by atoms with E-state index in [2.05, 4.69) is 4.98 Å². The topological polar surface area (TPSA) is 30.0 Å². The summed E-state index contributed by atoms with van der Waals surface area (Å²) >= 11 is 0. The first-order valence-corrected chi connectivity index (χ1v) is 4.82. The van der Waals surface area contributed by atoms with Crippen LogP contribution in [0.3, 0.4) is 0 Å². The predicted molar refractivity (Wildman–Crippen MR) is 58.9 cm³/mol. The Hall–Kier alpha value is -1.96. The second-order valence-corrected chi connectivity index (χ2v) is 3.35. The first-order valence-electron chi connectivity index (χ1n) is 4.82. The molecule has 0 amide bonds. The largest absolute Gasteiger partial charge is 0.298 e. The molecule has 0 spiro atoms. The van der Waals surface area contributed by atoms with Gasteiger partial charge in [-0.2, -0.15) is 0 Å². The summed E-state index contributed by atoms with van der Waals surface area (Å²) in [5, 5.41) is 0. The molecule has 1 aromatic carbocycles. The van der Waals surface area contributed by atoms with E-state index < -0.39 is 0 Å². The van der Waals surface area contributed by atoms with Crippen molar-refractivity contribution < 1.29 is 4.79 Å². The van der Waals surface area contributed by atoms with Gasteiger partial charge >= 0.3 is 0 Å². The van der Waals surface area contributed by atoms with E-state index in [4.69, 9.17) is 0 Å². The third-order valence-corrected chi connectivity index (χ3v) is 2.33. The monoisotopic (exact) mass is 197 g/mol. The lowest BCUT2D eigenvalue weighted by molar-refractivity contribution is 0.112. The predicted octanol–water partition coefficient (Wildman–Crippen LogP) is 2.48. The molecule has 0 bridgehead atoms. The van der Waals surface area contributed by atoms with Crippen molar-refractivity contribution in [2.24, 2.45) is 0 Å². The van der Waals surface area contributed by atoms with Gasteiger partial charge in [0.05, 0.1) is 0 Å². The highest BCUT2D eigenvalue weighted by atomic mass is 16.1. The van der Waals surface area contributed by atoms with Crippen LogP contribution in [0, 0.1) is 0 Å². The molecule has 0 aliphatic carbocycles. The molecule has 1 aromatic heterocycles. The van der Waals surface area contributed by atoms with Crippen molar-refractivity contribution in [3.8, 4) is 0 Å². The fourth-order valence-electron chi connectivity index (χ4n) is 1.53. The lowest BCUT2D eigenvalue weighted by Gasteiger charge is -2.03. The van der Waals surface area contributed by atoms with Crippen molar-refractivity contribution >= 4 is 6.29 Å². The first kappa shape index (κ1) is 9.59. The molecule has 1 heterocycles. The van der Waals surface area contributed by atoms with Crippen LogP contribution < -0.4 is 0 Å². The van der Waals surface area contributed by atoms with Crippen LogP contribution in [0.1, 0.15) is 21.5 Å². The molecule has 2 rings (SSSR count). The maximum absolute atomic E-state index is 10.8. The summed E-state index contributed by atoms with van der Waals surface area (Å²) in [6.45, 7) is 0. The second-order valence-electron chi connectivity index (χ2n) is 3.35. The van der Waals surface area contributed by atoms with Gasteiger partial charge in [0.2, 0.25) is 0 Å². The molecule has 74 valence electrons. The van der Waals surface area contributed by atoms with Gasteiger partial charge in [0.25, 0.3) is 0 Å². The molecular weight excluding hydrogens is 186 g/mol. The molecule has 2 nitrogen and oxygen atoms in total. The Morgan fingerprint density at radius 2 is 1.80 bits per heavy atom. The standard InChI is InChI=1S/C13H11NO/c15-10-13-4-2-1-3-12(13)9-11-5-7-14-8-6-11/h1-8,10H,9H2. The number of carbonyl (C=O) groups excluding carboxylic acids is 1. The normalized spacial score (nSPS) is 9.87. The van der Waals surface area contributed by atoms with E-state index in [1.54, 1.807) is 12.4 Å². The lowest BCUT2D eigenvalue weighted by atomic mass is 10.0. The van der Waals surface area contributed by atoms with Crippen molar-refractivity contribution in [1.29, 1.82) is 0 Å². The summed E-state index contributed by atoms with van der Waals surface area (Å²) in [5.74, 6) is 0. The van der Waals surface area contributed by atoms with Gasteiger partial charge < -0.3 is 0 Å². The van der Waals surface area contributed by atoms with Crippen LogP contribution in [0.5, 0.6) is 0 Å². The van der Waals surface area contributed by atoms with Crippen LogP contribution in [0.4, 0.5) is 0 Å². The summed E-state index contributed by atoms with van der Waals surface area (Å²) < 4.78 is 0. The van der Waals surface area contributed by atoms with Gasteiger partial charge in [0.1, 0.15) is 6.29 Å². The van der Waals surface area contributed by atoms with Crippen LogP contribution in [0.15, 0.2) is 48.8 Å². The Labute approximate surface area is 88.6 Å². The van der Waals surface area contributed by atoms with Crippen LogP contribution in [0.2, 0.25) is 0 Å². The zero-order chi connectivity index (χ0) is 10.5. The lowest BCUT2D eigenvalue weighted by Crippen LogP contribution is -1.93. The molecule has 0 unspecified atom stereocenters. The van der Waals surface area contributed by atoms with Crippen LogP contribution in [-0.4, -0.2) is 11.3 Å². The van der Waals surface area contributed by atoms with Gasteiger partial charge in [-0.25, -0.2) is 0 Å². The third kappa shape index (κ3) is 2.29. The summed E-state index contributed by atoms with van der Waals surface area (Å²) in [6.07, 6.45) is 5.20. The van der Waals surface area contributed by atoms with Crippen molar-refractivity contribution in [3.63, 3.8) is 0 Å². The van der Waals surface area contributed by atoms with Gasteiger partial charge in [0.15, 0.2) is 0 Å². The summed E-state index contributed by atoms with van der Waals surface area (Å²) in [6, 6.07) is 11.6. The minimum Gasteiger partial charge on any atom is -0.298 e. The summed E-state index contributed by atoms with van der Waals surface area (Å²) in [5.41, 5.74) is 2.98. The highest BCUT2D eigenvalue weighted by Crippen LogP contribution is 2.11. The summed E-state index contributed by atoms with van der Waals surface area (Å²) in [7, 11) is 0. The number of rotatable bonds is 3.